The van der Waals surface area contributed by atoms with Crippen LogP contribution in [0.25, 0.3) is 0 Å². The molecule has 0 heterocycles. The normalized spacial score (nSPS) is 11.3. The number of methoxy groups -OCH3 is 2. The van der Waals surface area contributed by atoms with E-state index in [0.29, 0.717) is 44.0 Å². The zero-order valence-corrected chi connectivity index (χ0v) is 17.6. The van der Waals surface area contributed by atoms with Gasteiger partial charge in [-0.1, -0.05) is 35.3 Å². The monoisotopic (exact) mass is 444 g/mol. The number of ether oxygens (including phenoxy) is 2. The second kappa shape index (κ2) is 9.52. The van der Waals surface area contributed by atoms with Crippen LogP contribution in [0.5, 0.6) is 23.0 Å². The number of aromatic hydroxyl groups is 2. The molecule has 3 rings (SSSR count). The Balaban J connectivity index is 2.00. The van der Waals surface area contributed by atoms with E-state index in [1.807, 2.05) is 0 Å². The predicted molar refractivity (Wildman–Crippen MR) is 120 cm³/mol. The van der Waals surface area contributed by atoms with Crippen LogP contribution in [0.3, 0.4) is 0 Å². The highest BCUT2D eigenvalue weighted by Gasteiger charge is 2.09. The van der Waals surface area contributed by atoms with Gasteiger partial charge in [-0.05, 0) is 36.4 Å². The molecule has 154 valence electrons. The van der Waals surface area contributed by atoms with Crippen molar-refractivity contribution in [1.29, 1.82) is 0 Å². The standard InChI is InChI=1S/C22H18Cl2N2O4/c1-29-19-7-3-5-13(21(19)27)11-25-17-9-15(23)16(24)10-18(17)26-12-14-6-4-8-20(30-2)22(14)28/h3-12,27-28H,1-2H3. The first-order valence-electron chi connectivity index (χ1n) is 8.73. The maximum Gasteiger partial charge on any atom is 0.166 e. The molecule has 0 aromatic heterocycles. The first kappa shape index (κ1) is 21.5. The number of para-hydroxylation sites is 2. The smallest absolute Gasteiger partial charge is 0.166 e. The molecule has 3 aromatic rings. The van der Waals surface area contributed by atoms with Crippen LogP contribution in [-0.4, -0.2) is 36.9 Å². The van der Waals surface area contributed by atoms with Crippen molar-refractivity contribution in [3.8, 4) is 23.0 Å². The van der Waals surface area contributed by atoms with E-state index in [1.165, 1.54) is 26.6 Å². The molecule has 0 amide bonds. The first-order valence-corrected chi connectivity index (χ1v) is 9.49. The van der Waals surface area contributed by atoms with Crippen molar-refractivity contribution in [3.05, 3.63) is 69.7 Å². The molecule has 3 aromatic carbocycles. The Morgan fingerprint density at radius 3 is 1.50 bits per heavy atom. The Bertz CT molecular complexity index is 1040. The van der Waals surface area contributed by atoms with Gasteiger partial charge >= 0.3 is 0 Å². The topological polar surface area (TPSA) is 83.6 Å². The molecule has 0 atom stereocenters. The van der Waals surface area contributed by atoms with Gasteiger partial charge in [-0.3, -0.25) is 9.98 Å². The number of hydrogen-bond acceptors (Lipinski definition) is 6. The van der Waals surface area contributed by atoms with Gasteiger partial charge in [0.2, 0.25) is 0 Å². The minimum absolute atomic E-state index is 0.0323. The molecule has 0 fully saturated rings. The third kappa shape index (κ3) is 4.67. The van der Waals surface area contributed by atoms with Crippen LogP contribution in [0, 0.1) is 0 Å². The van der Waals surface area contributed by atoms with E-state index < -0.39 is 0 Å². The van der Waals surface area contributed by atoms with E-state index in [2.05, 4.69) is 9.98 Å². The van der Waals surface area contributed by atoms with Gasteiger partial charge < -0.3 is 19.7 Å². The molecular weight excluding hydrogens is 427 g/mol. The van der Waals surface area contributed by atoms with E-state index in [0.717, 1.165) is 0 Å². The van der Waals surface area contributed by atoms with E-state index in [9.17, 15) is 10.2 Å². The van der Waals surface area contributed by atoms with Gasteiger partial charge in [-0.2, -0.15) is 0 Å². The number of hydrogen-bond donors (Lipinski definition) is 2. The van der Waals surface area contributed by atoms with Crippen molar-refractivity contribution in [3.63, 3.8) is 0 Å². The van der Waals surface area contributed by atoms with E-state index in [4.69, 9.17) is 32.7 Å². The lowest BCUT2D eigenvalue weighted by Crippen LogP contribution is -1.89. The summed E-state index contributed by atoms with van der Waals surface area (Å²) in [6.07, 6.45) is 2.94. The Hall–Kier alpha value is -3.22. The molecule has 0 aliphatic heterocycles. The lowest BCUT2D eigenvalue weighted by atomic mass is 10.2. The van der Waals surface area contributed by atoms with Gasteiger partial charge in [0.1, 0.15) is 0 Å². The minimum Gasteiger partial charge on any atom is -0.504 e. The summed E-state index contributed by atoms with van der Waals surface area (Å²) in [5, 5.41) is 21.1. The SMILES string of the molecule is COc1cccc(C=Nc2cc(Cl)c(Cl)cc2N=Cc2cccc(OC)c2O)c1O. The fourth-order valence-corrected chi connectivity index (χ4v) is 2.94. The molecule has 0 aliphatic rings. The van der Waals surface area contributed by atoms with E-state index in [1.54, 1.807) is 48.5 Å². The molecule has 0 aliphatic carbocycles. The fourth-order valence-electron chi connectivity index (χ4n) is 2.63. The largest absolute Gasteiger partial charge is 0.504 e. The van der Waals surface area contributed by atoms with E-state index >= 15 is 0 Å². The average molecular weight is 445 g/mol. The predicted octanol–water partition coefficient (Wildman–Crippen LogP) is 5.92. The third-order valence-corrected chi connectivity index (χ3v) is 4.93. The Labute approximate surface area is 183 Å². The van der Waals surface area contributed by atoms with Crippen molar-refractivity contribution in [1.82, 2.24) is 0 Å². The Morgan fingerprint density at radius 1 is 0.733 bits per heavy atom. The summed E-state index contributed by atoms with van der Waals surface area (Å²) in [6.45, 7) is 0. The van der Waals surface area contributed by atoms with Crippen LogP contribution in [0.2, 0.25) is 10.0 Å². The molecule has 8 heteroatoms. The average Bonchev–Trinajstić information content (AvgIpc) is 2.75. The van der Waals surface area contributed by atoms with Gasteiger partial charge in [0.15, 0.2) is 23.0 Å². The first-order chi connectivity index (χ1) is 14.4. The quantitative estimate of drug-likeness (QED) is 0.461. The molecule has 0 saturated heterocycles. The van der Waals surface area contributed by atoms with E-state index in [-0.39, 0.29) is 11.5 Å². The van der Waals surface area contributed by atoms with Crippen LogP contribution >= 0.6 is 23.2 Å². The second-order valence-electron chi connectivity index (χ2n) is 6.07. The maximum absolute atomic E-state index is 10.2. The van der Waals surface area contributed by atoms with Crippen molar-refractivity contribution in [2.75, 3.05) is 14.2 Å². The highest BCUT2D eigenvalue weighted by molar-refractivity contribution is 6.42. The van der Waals surface area contributed by atoms with Gasteiger partial charge in [0.05, 0.1) is 35.6 Å². The van der Waals surface area contributed by atoms with Crippen LogP contribution in [-0.2, 0) is 0 Å². The van der Waals surface area contributed by atoms with Gasteiger partial charge in [0.25, 0.3) is 0 Å². The summed E-state index contributed by atoms with van der Waals surface area (Å²) in [5.41, 5.74) is 1.76. The molecule has 0 saturated carbocycles. The van der Waals surface area contributed by atoms with Crippen molar-refractivity contribution in [2.45, 2.75) is 0 Å². The summed E-state index contributed by atoms with van der Waals surface area (Å²) in [7, 11) is 2.94. The number of rotatable bonds is 6. The van der Waals surface area contributed by atoms with Gasteiger partial charge in [-0.15, -0.1) is 0 Å². The highest BCUT2D eigenvalue weighted by Crippen LogP contribution is 2.37. The van der Waals surface area contributed by atoms with Crippen molar-refractivity contribution < 1.29 is 19.7 Å². The number of nitrogens with zero attached hydrogens (tertiary/aromatic N) is 2. The fraction of sp³-hybridized carbons (Fsp3) is 0.0909. The Morgan fingerprint density at radius 2 is 1.13 bits per heavy atom. The number of aliphatic imine (C=N–C) groups is 2. The molecule has 2 N–H and O–H groups in total. The lowest BCUT2D eigenvalue weighted by molar-refractivity contribution is 0.373. The number of benzene rings is 3. The minimum atomic E-state index is -0.0323. The Kier molecular flexibility index (Phi) is 6.82. The zero-order valence-electron chi connectivity index (χ0n) is 16.1. The van der Waals surface area contributed by atoms with Gasteiger partial charge in [0, 0.05) is 23.6 Å². The maximum atomic E-state index is 10.2. The van der Waals surface area contributed by atoms with Crippen LogP contribution in [0.1, 0.15) is 11.1 Å². The number of phenols is 2. The molecule has 0 bridgehead atoms. The molecule has 30 heavy (non-hydrogen) atoms. The number of phenolic OH excluding ortho intramolecular Hbond substituents is 2. The van der Waals surface area contributed by atoms with Crippen LogP contribution < -0.4 is 9.47 Å². The van der Waals surface area contributed by atoms with Crippen molar-refractivity contribution in [2.24, 2.45) is 9.98 Å². The molecule has 0 spiro atoms. The molecule has 0 radical (unpaired) electrons. The summed E-state index contributed by atoms with van der Waals surface area (Å²) >= 11 is 12.3. The summed E-state index contributed by atoms with van der Waals surface area (Å²) in [6, 6.07) is 13.3. The molecule has 6 nitrogen and oxygen atoms in total. The zero-order chi connectivity index (χ0) is 21.7. The molecule has 0 unspecified atom stereocenters. The molecular formula is C22H18Cl2N2O4. The van der Waals surface area contributed by atoms with Crippen molar-refractivity contribution >= 4 is 47.0 Å². The summed E-state index contributed by atoms with van der Waals surface area (Å²) < 4.78 is 10.2. The number of halogens is 2. The van der Waals surface area contributed by atoms with Crippen LogP contribution in [0.4, 0.5) is 11.4 Å². The van der Waals surface area contributed by atoms with Crippen LogP contribution in [0.15, 0.2) is 58.5 Å². The lowest BCUT2D eigenvalue weighted by Gasteiger charge is -2.07. The summed E-state index contributed by atoms with van der Waals surface area (Å²) in [4.78, 5) is 8.80. The third-order valence-electron chi connectivity index (χ3n) is 4.20. The highest BCUT2D eigenvalue weighted by atomic mass is 35.5. The van der Waals surface area contributed by atoms with Gasteiger partial charge in [-0.25, -0.2) is 0 Å². The summed E-state index contributed by atoms with van der Waals surface area (Å²) in [5.74, 6) is 0.602. The second-order valence-corrected chi connectivity index (χ2v) is 6.88.